The van der Waals surface area contributed by atoms with Crippen LogP contribution in [0.2, 0.25) is 5.02 Å². The number of benzene rings is 1. The number of hydrogen-bond acceptors (Lipinski definition) is 2. The van der Waals surface area contributed by atoms with Gasteiger partial charge in [-0.25, -0.2) is 0 Å². The average Bonchev–Trinajstić information content (AvgIpc) is 2.04. The van der Waals surface area contributed by atoms with E-state index in [4.69, 9.17) is 17.3 Å². The van der Waals surface area contributed by atoms with Crippen LogP contribution in [0.1, 0.15) is 18.0 Å². The first-order chi connectivity index (χ1) is 5.79. The Bertz CT molecular complexity index is 301. The molecule has 2 N–H and O–H groups in total. The summed E-state index contributed by atoms with van der Waals surface area (Å²) in [6, 6.07) is 6.11. The summed E-state index contributed by atoms with van der Waals surface area (Å²) in [4.78, 5) is 1.25. The van der Waals surface area contributed by atoms with Crippen LogP contribution in [0.5, 0.6) is 0 Å². The quantitative estimate of drug-likeness (QED) is 0.696. The van der Waals surface area contributed by atoms with Gasteiger partial charge in [0.2, 0.25) is 0 Å². The van der Waals surface area contributed by atoms with Crippen LogP contribution in [0.15, 0.2) is 23.1 Å². The molecule has 1 aromatic carbocycles. The van der Waals surface area contributed by atoms with Gasteiger partial charge in [0.05, 0.1) is 0 Å². The zero-order chi connectivity index (χ0) is 8.55. The van der Waals surface area contributed by atoms with Gasteiger partial charge in [-0.05, 0) is 24.3 Å². The van der Waals surface area contributed by atoms with Crippen molar-refractivity contribution in [3.05, 3.63) is 28.8 Å². The van der Waals surface area contributed by atoms with Crippen molar-refractivity contribution in [2.24, 2.45) is 5.73 Å². The van der Waals surface area contributed by atoms with Gasteiger partial charge in [0.15, 0.2) is 0 Å². The maximum atomic E-state index is 6.04. The van der Waals surface area contributed by atoms with Crippen molar-refractivity contribution in [3.8, 4) is 0 Å². The van der Waals surface area contributed by atoms with Crippen molar-refractivity contribution in [2.45, 2.75) is 17.4 Å². The summed E-state index contributed by atoms with van der Waals surface area (Å²) in [5.74, 6) is 1.11. The van der Waals surface area contributed by atoms with Gasteiger partial charge in [-0.2, -0.15) is 0 Å². The highest BCUT2D eigenvalue weighted by atomic mass is 35.5. The fraction of sp³-hybridized carbons (Fsp3) is 0.333. The Balaban J connectivity index is 2.53. The van der Waals surface area contributed by atoms with Crippen molar-refractivity contribution in [1.29, 1.82) is 0 Å². The standard InChI is InChI=1S/C9H10ClNS/c10-6-2-1-3-8-9(6)7(11)4-5-12-8/h1-3,7H,4-5,11H2/t7-/m1/s1. The van der Waals surface area contributed by atoms with E-state index >= 15 is 0 Å². The highest BCUT2D eigenvalue weighted by Gasteiger charge is 2.19. The molecule has 0 fully saturated rings. The number of hydrogen-bond donors (Lipinski definition) is 1. The molecule has 3 heteroatoms. The molecule has 0 bridgehead atoms. The van der Waals surface area contributed by atoms with E-state index < -0.39 is 0 Å². The lowest BCUT2D eigenvalue weighted by atomic mass is 10.1. The molecule has 1 nitrogen and oxygen atoms in total. The third kappa shape index (κ3) is 1.35. The lowest BCUT2D eigenvalue weighted by Gasteiger charge is -2.22. The molecule has 64 valence electrons. The van der Waals surface area contributed by atoms with Crippen LogP contribution in [0.25, 0.3) is 0 Å². The summed E-state index contributed by atoms with van der Waals surface area (Å²) in [5, 5.41) is 0.812. The molecule has 1 aromatic rings. The van der Waals surface area contributed by atoms with Crippen molar-refractivity contribution in [2.75, 3.05) is 5.75 Å². The SMILES string of the molecule is N[C@@H]1CCSc2cccc(Cl)c21. The minimum Gasteiger partial charge on any atom is -0.324 e. The topological polar surface area (TPSA) is 26.0 Å². The van der Waals surface area contributed by atoms with E-state index in [9.17, 15) is 0 Å². The van der Waals surface area contributed by atoms with Crippen molar-refractivity contribution in [3.63, 3.8) is 0 Å². The third-order valence-electron chi connectivity index (χ3n) is 2.07. The Hall–Kier alpha value is -0.180. The van der Waals surface area contributed by atoms with Gasteiger partial charge in [-0.15, -0.1) is 11.8 Å². The van der Waals surface area contributed by atoms with E-state index in [-0.39, 0.29) is 6.04 Å². The lowest BCUT2D eigenvalue weighted by Crippen LogP contribution is -2.16. The number of fused-ring (bicyclic) bond motifs is 1. The van der Waals surface area contributed by atoms with E-state index in [1.807, 2.05) is 23.9 Å². The Kier molecular flexibility index (Phi) is 2.31. The normalized spacial score (nSPS) is 22.0. The summed E-state index contributed by atoms with van der Waals surface area (Å²) in [7, 11) is 0. The Morgan fingerprint density at radius 1 is 1.50 bits per heavy atom. The van der Waals surface area contributed by atoms with E-state index in [1.165, 1.54) is 4.90 Å². The van der Waals surface area contributed by atoms with Gasteiger partial charge >= 0.3 is 0 Å². The molecule has 1 aliphatic heterocycles. The molecule has 0 aliphatic carbocycles. The average molecular weight is 200 g/mol. The largest absolute Gasteiger partial charge is 0.324 e. The first kappa shape index (κ1) is 8.42. The summed E-state index contributed by atoms with van der Waals surface area (Å²) < 4.78 is 0. The molecule has 1 atom stereocenters. The number of thioether (sulfide) groups is 1. The minimum absolute atomic E-state index is 0.134. The second-order valence-electron chi connectivity index (χ2n) is 2.90. The van der Waals surface area contributed by atoms with Gasteiger partial charge in [-0.3, -0.25) is 0 Å². The van der Waals surface area contributed by atoms with Crippen LogP contribution in [-0.2, 0) is 0 Å². The second kappa shape index (κ2) is 3.29. The number of halogens is 1. The molecule has 1 aliphatic rings. The summed E-state index contributed by atoms with van der Waals surface area (Å²) in [6.45, 7) is 0. The fourth-order valence-electron chi connectivity index (χ4n) is 1.44. The van der Waals surface area contributed by atoms with Crippen LogP contribution in [0.3, 0.4) is 0 Å². The maximum absolute atomic E-state index is 6.04. The van der Waals surface area contributed by atoms with Crippen LogP contribution in [-0.4, -0.2) is 5.75 Å². The van der Waals surface area contributed by atoms with Gasteiger partial charge in [0.25, 0.3) is 0 Å². The molecule has 0 unspecified atom stereocenters. The van der Waals surface area contributed by atoms with Gasteiger partial charge in [-0.1, -0.05) is 17.7 Å². The molecule has 0 radical (unpaired) electrons. The summed E-state index contributed by atoms with van der Waals surface area (Å²) >= 11 is 7.89. The first-order valence-corrected chi connectivity index (χ1v) is 5.32. The lowest BCUT2D eigenvalue weighted by molar-refractivity contribution is 0.680. The molecular weight excluding hydrogens is 190 g/mol. The minimum atomic E-state index is 0.134. The molecule has 0 saturated carbocycles. The molecule has 0 amide bonds. The van der Waals surface area contributed by atoms with Crippen molar-refractivity contribution >= 4 is 23.4 Å². The molecule has 2 rings (SSSR count). The predicted octanol–water partition coefficient (Wildman–Crippen LogP) is 2.84. The maximum Gasteiger partial charge on any atom is 0.0464 e. The monoisotopic (exact) mass is 199 g/mol. The van der Waals surface area contributed by atoms with Crippen LogP contribution >= 0.6 is 23.4 Å². The number of nitrogens with two attached hydrogens (primary N) is 1. The van der Waals surface area contributed by atoms with Crippen molar-refractivity contribution in [1.82, 2.24) is 0 Å². The number of rotatable bonds is 0. The zero-order valence-electron chi connectivity index (χ0n) is 6.59. The predicted molar refractivity (Wildman–Crippen MR) is 53.7 cm³/mol. The van der Waals surface area contributed by atoms with E-state index in [0.717, 1.165) is 22.8 Å². The molecule has 0 saturated heterocycles. The highest BCUT2D eigenvalue weighted by molar-refractivity contribution is 7.99. The van der Waals surface area contributed by atoms with E-state index in [2.05, 4.69) is 6.07 Å². The van der Waals surface area contributed by atoms with Crippen molar-refractivity contribution < 1.29 is 0 Å². The van der Waals surface area contributed by atoms with E-state index in [0.29, 0.717) is 0 Å². The van der Waals surface area contributed by atoms with Crippen LogP contribution in [0.4, 0.5) is 0 Å². The molecule has 0 spiro atoms. The Labute approximate surface area is 81.3 Å². The fourth-order valence-corrected chi connectivity index (χ4v) is 3.00. The zero-order valence-corrected chi connectivity index (χ0v) is 8.16. The third-order valence-corrected chi connectivity index (χ3v) is 3.51. The molecule has 12 heavy (non-hydrogen) atoms. The molecular formula is C9H10ClNS. The van der Waals surface area contributed by atoms with E-state index in [1.54, 1.807) is 0 Å². The molecule has 0 aromatic heterocycles. The van der Waals surface area contributed by atoms with Gasteiger partial charge in [0, 0.05) is 21.5 Å². The van der Waals surface area contributed by atoms with Crippen LogP contribution < -0.4 is 5.73 Å². The Morgan fingerprint density at radius 2 is 2.33 bits per heavy atom. The summed E-state index contributed by atoms with van der Waals surface area (Å²) in [6.07, 6.45) is 1.03. The first-order valence-electron chi connectivity index (χ1n) is 3.96. The van der Waals surface area contributed by atoms with Gasteiger partial charge in [0.1, 0.15) is 0 Å². The Morgan fingerprint density at radius 3 is 3.08 bits per heavy atom. The smallest absolute Gasteiger partial charge is 0.0464 e. The van der Waals surface area contributed by atoms with Crippen LogP contribution in [0, 0.1) is 0 Å². The highest BCUT2D eigenvalue weighted by Crippen LogP contribution is 2.38. The van der Waals surface area contributed by atoms with Gasteiger partial charge < -0.3 is 5.73 Å². The summed E-state index contributed by atoms with van der Waals surface area (Å²) in [5.41, 5.74) is 7.08. The molecule has 1 heterocycles. The second-order valence-corrected chi connectivity index (χ2v) is 4.44.